The second-order valence-electron chi connectivity index (χ2n) is 4.01. The Morgan fingerprint density at radius 1 is 1.52 bits per heavy atom. The number of nitrogens with zero attached hydrogens (tertiary/aromatic N) is 1. The molecule has 0 unspecified atom stereocenters. The van der Waals surface area contributed by atoms with Crippen LogP contribution in [0.4, 0.5) is 4.39 Å². The molecule has 0 aliphatic rings. The molecule has 0 fully saturated rings. The first-order valence-corrected chi connectivity index (χ1v) is 6.10. The van der Waals surface area contributed by atoms with E-state index in [0.29, 0.717) is 12.4 Å². The molecular formula is C13H13FN4O3. The lowest BCUT2D eigenvalue weighted by molar-refractivity contribution is 0.0948. The molecule has 1 heterocycles. The third-order valence-electron chi connectivity index (χ3n) is 2.66. The van der Waals surface area contributed by atoms with Crippen molar-refractivity contribution in [2.24, 2.45) is 5.84 Å². The summed E-state index contributed by atoms with van der Waals surface area (Å²) in [6.45, 7) is 2.16. The predicted octanol–water partition coefficient (Wildman–Crippen LogP) is 0.578. The minimum Gasteiger partial charge on any atom is -0.494 e. The average Bonchev–Trinajstić information content (AvgIpc) is 2.48. The molecule has 2 rings (SSSR count). The third-order valence-corrected chi connectivity index (χ3v) is 2.66. The number of nitrogen functional groups attached to an aromatic ring is 1. The van der Waals surface area contributed by atoms with Gasteiger partial charge < -0.3 is 9.72 Å². The van der Waals surface area contributed by atoms with Gasteiger partial charge >= 0.3 is 0 Å². The molecule has 0 spiro atoms. The maximum absolute atomic E-state index is 14.1. The minimum atomic E-state index is -0.696. The molecule has 0 aliphatic heterocycles. The first-order chi connectivity index (χ1) is 10.1. The Morgan fingerprint density at radius 2 is 2.29 bits per heavy atom. The molecular weight excluding hydrogens is 279 g/mol. The van der Waals surface area contributed by atoms with Gasteiger partial charge in [-0.25, -0.2) is 15.2 Å². The monoisotopic (exact) mass is 292 g/mol. The molecule has 0 saturated heterocycles. The van der Waals surface area contributed by atoms with E-state index in [9.17, 15) is 14.0 Å². The molecule has 0 aliphatic carbocycles. The summed E-state index contributed by atoms with van der Waals surface area (Å²) in [5.41, 5.74) is 0.892. The van der Waals surface area contributed by atoms with Gasteiger partial charge in [0.25, 0.3) is 11.5 Å². The van der Waals surface area contributed by atoms with Crippen LogP contribution in [0, 0.1) is 5.82 Å². The molecule has 110 valence electrons. The topological polar surface area (TPSA) is 110 Å². The number of ether oxygens (including phenoxy) is 1. The van der Waals surface area contributed by atoms with Gasteiger partial charge in [-0.2, -0.15) is 0 Å². The van der Waals surface area contributed by atoms with E-state index in [1.165, 1.54) is 12.1 Å². The van der Waals surface area contributed by atoms with Crippen LogP contribution in [0.15, 0.2) is 29.2 Å². The van der Waals surface area contributed by atoms with Crippen LogP contribution in [-0.4, -0.2) is 22.5 Å². The number of hydrazine groups is 1. The maximum Gasteiger partial charge on any atom is 0.285 e. The second kappa shape index (κ2) is 6.14. The zero-order valence-electron chi connectivity index (χ0n) is 11.1. The smallest absolute Gasteiger partial charge is 0.285 e. The summed E-state index contributed by atoms with van der Waals surface area (Å²) in [6.07, 6.45) is 1.10. The van der Waals surface area contributed by atoms with Gasteiger partial charge in [-0.15, -0.1) is 0 Å². The molecule has 1 amide bonds. The highest BCUT2D eigenvalue weighted by Crippen LogP contribution is 2.23. The molecule has 4 N–H and O–H groups in total. The van der Waals surface area contributed by atoms with E-state index in [1.807, 2.05) is 5.43 Å². The number of H-pyrrole nitrogens is 1. The normalized spacial score (nSPS) is 10.2. The van der Waals surface area contributed by atoms with Gasteiger partial charge in [-0.05, 0) is 19.1 Å². The first-order valence-electron chi connectivity index (χ1n) is 6.10. The molecule has 2 aromatic rings. The zero-order chi connectivity index (χ0) is 15.4. The molecule has 1 aromatic carbocycles. The van der Waals surface area contributed by atoms with Crippen LogP contribution in [0.2, 0.25) is 0 Å². The number of aromatic amines is 1. The number of carbonyl (C=O) groups excluding carboxylic acids is 1. The lowest BCUT2D eigenvalue weighted by Crippen LogP contribution is -2.31. The van der Waals surface area contributed by atoms with Crippen LogP contribution in [0.25, 0.3) is 11.3 Å². The highest BCUT2D eigenvalue weighted by Gasteiger charge is 2.15. The molecule has 1 aromatic heterocycles. The Labute approximate surface area is 118 Å². The summed E-state index contributed by atoms with van der Waals surface area (Å²) in [5, 5.41) is 0. The van der Waals surface area contributed by atoms with Gasteiger partial charge in [0.15, 0.2) is 0 Å². The molecule has 0 saturated carbocycles. The van der Waals surface area contributed by atoms with Crippen LogP contribution in [0.3, 0.4) is 0 Å². The molecule has 0 atom stereocenters. The number of nitrogens with one attached hydrogen (secondary N) is 2. The number of nitrogens with two attached hydrogens (primary N) is 1. The Hall–Kier alpha value is -2.74. The maximum atomic E-state index is 14.1. The van der Waals surface area contributed by atoms with Gasteiger partial charge in [-0.3, -0.25) is 15.0 Å². The fraction of sp³-hybridized carbons (Fsp3) is 0.154. The van der Waals surface area contributed by atoms with E-state index in [2.05, 4.69) is 9.97 Å². The number of halogens is 1. The summed E-state index contributed by atoms with van der Waals surface area (Å²) >= 11 is 0. The fourth-order valence-electron chi connectivity index (χ4n) is 1.72. The summed E-state index contributed by atoms with van der Waals surface area (Å²) in [4.78, 5) is 29.3. The van der Waals surface area contributed by atoms with Gasteiger partial charge in [0.05, 0.1) is 6.61 Å². The average molecular weight is 292 g/mol. The number of rotatable bonds is 4. The van der Waals surface area contributed by atoms with Crippen molar-refractivity contribution in [2.75, 3.05) is 6.61 Å². The number of hydrogen-bond acceptors (Lipinski definition) is 5. The van der Waals surface area contributed by atoms with Crippen molar-refractivity contribution in [1.29, 1.82) is 0 Å². The Balaban J connectivity index is 2.51. The van der Waals surface area contributed by atoms with Gasteiger partial charge in [-0.1, -0.05) is 0 Å². The van der Waals surface area contributed by atoms with Gasteiger partial charge in [0.1, 0.15) is 23.0 Å². The van der Waals surface area contributed by atoms with Crippen molar-refractivity contribution in [3.63, 3.8) is 0 Å². The van der Waals surface area contributed by atoms with Crippen molar-refractivity contribution < 1.29 is 13.9 Å². The number of aromatic nitrogens is 2. The van der Waals surface area contributed by atoms with Crippen molar-refractivity contribution in [2.45, 2.75) is 6.92 Å². The van der Waals surface area contributed by atoms with Gasteiger partial charge in [0, 0.05) is 17.8 Å². The van der Waals surface area contributed by atoms with E-state index in [0.717, 1.165) is 12.3 Å². The lowest BCUT2D eigenvalue weighted by Gasteiger charge is -2.07. The highest BCUT2D eigenvalue weighted by molar-refractivity contribution is 5.91. The van der Waals surface area contributed by atoms with E-state index < -0.39 is 17.3 Å². The Morgan fingerprint density at radius 3 is 2.90 bits per heavy atom. The van der Waals surface area contributed by atoms with Crippen LogP contribution < -0.4 is 21.6 Å². The van der Waals surface area contributed by atoms with E-state index in [-0.39, 0.29) is 17.0 Å². The highest BCUT2D eigenvalue weighted by atomic mass is 19.1. The molecule has 21 heavy (non-hydrogen) atoms. The number of amides is 1. The van der Waals surface area contributed by atoms with E-state index in [4.69, 9.17) is 10.6 Å². The van der Waals surface area contributed by atoms with Crippen molar-refractivity contribution >= 4 is 5.91 Å². The number of carbonyl (C=O) groups is 1. The van der Waals surface area contributed by atoms with Crippen molar-refractivity contribution in [3.05, 3.63) is 46.3 Å². The molecule has 7 nitrogen and oxygen atoms in total. The van der Waals surface area contributed by atoms with Gasteiger partial charge in [0.2, 0.25) is 0 Å². The SMILES string of the molecule is CCOc1ccc(-c2nc(C(=O)NN)c[nH]c2=O)c(F)c1. The van der Waals surface area contributed by atoms with Crippen molar-refractivity contribution in [3.8, 4) is 17.0 Å². The minimum absolute atomic E-state index is 0.0358. The Kier molecular flexibility index (Phi) is 4.29. The summed E-state index contributed by atoms with van der Waals surface area (Å²) in [6, 6.07) is 4.02. The quantitative estimate of drug-likeness (QED) is 0.434. The fourth-order valence-corrected chi connectivity index (χ4v) is 1.72. The van der Waals surface area contributed by atoms with Crippen LogP contribution in [0.5, 0.6) is 5.75 Å². The molecule has 0 radical (unpaired) electrons. The largest absolute Gasteiger partial charge is 0.494 e. The molecule has 0 bridgehead atoms. The van der Waals surface area contributed by atoms with Crippen LogP contribution in [-0.2, 0) is 0 Å². The third kappa shape index (κ3) is 3.06. The molecule has 8 heteroatoms. The van der Waals surface area contributed by atoms with Crippen LogP contribution >= 0.6 is 0 Å². The summed E-state index contributed by atoms with van der Waals surface area (Å²) in [5.74, 6) is 3.96. The van der Waals surface area contributed by atoms with E-state index >= 15 is 0 Å². The standard InChI is InChI=1S/C13H13FN4O3/c1-2-21-7-3-4-8(9(14)5-7)11-13(20)16-6-10(17-11)12(19)18-15/h3-6H,2,15H2,1H3,(H,16,20)(H,18,19). The van der Waals surface area contributed by atoms with Crippen molar-refractivity contribution in [1.82, 2.24) is 15.4 Å². The zero-order valence-corrected chi connectivity index (χ0v) is 11.1. The summed E-state index contributed by atoms with van der Waals surface area (Å²) < 4.78 is 19.2. The van der Waals surface area contributed by atoms with E-state index in [1.54, 1.807) is 6.92 Å². The number of hydrogen-bond donors (Lipinski definition) is 3. The summed E-state index contributed by atoms with van der Waals surface area (Å²) in [7, 11) is 0. The number of benzene rings is 1. The predicted molar refractivity (Wildman–Crippen MR) is 73.1 cm³/mol. The Bertz CT molecular complexity index is 730. The first kappa shape index (κ1) is 14.7. The lowest BCUT2D eigenvalue weighted by atomic mass is 10.1. The second-order valence-corrected chi connectivity index (χ2v) is 4.01. The van der Waals surface area contributed by atoms with Crippen LogP contribution in [0.1, 0.15) is 17.4 Å².